The molecule has 0 amide bonds. The lowest BCUT2D eigenvalue weighted by Gasteiger charge is -2.21. The molecule has 2 aromatic carbocycles. The van der Waals surface area contributed by atoms with Crippen molar-refractivity contribution in [1.82, 2.24) is 9.97 Å². The lowest BCUT2D eigenvalue weighted by Crippen LogP contribution is -2.10. The van der Waals surface area contributed by atoms with Gasteiger partial charge in [-0.1, -0.05) is 47.5 Å². The number of aromatic nitrogens is 2. The molecular formula is C26H26N2O. The first-order chi connectivity index (χ1) is 13.9. The molecule has 1 atom stereocenters. The Morgan fingerprint density at radius 1 is 0.793 bits per heavy atom. The Hall–Kier alpha value is -3.33. The third-order valence-corrected chi connectivity index (χ3v) is 5.54. The minimum Gasteiger partial charge on any atom is -0.364 e. The molecule has 3 nitrogen and oxygen atoms in total. The van der Waals surface area contributed by atoms with Gasteiger partial charge >= 0.3 is 0 Å². The van der Waals surface area contributed by atoms with Crippen molar-refractivity contribution in [3.63, 3.8) is 0 Å². The summed E-state index contributed by atoms with van der Waals surface area (Å²) in [6, 6.07) is 20.2. The van der Waals surface area contributed by atoms with Crippen LogP contribution in [0.1, 0.15) is 61.2 Å². The van der Waals surface area contributed by atoms with Gasteiger partial charge in [-0.05, 0) is 68.7 Å². The highest BCUT2D eigenvalue weighted by molar-refractivity contribution is 6.07. The van der Waals surface area contributed by atoms with Gasteiger partial charge in [-0.3, -0.25) is 4.79 Å². The van der Waals surface area contributed by atoms with Crippen molar-refractivity contribution in [2.45, 2.75) is 33.6 Å². The quantitative estimate of drug-likeness (QED) is 0.409. The maximum atomic E-state index is 13.0. The fraction of sp³-hybridized carbons (Fsp3) is 0.192. The highest BCUT2D eigenvalue weighted by atomic mass is 16.1. The molecular weight excluding hydrogens is 356 g/mol. The molecule has 4 rings (SSSR count). The summed E-state index contributed by atoms with van der Waals surface area (Å²) in [5.41, 5.74) is 9.61. The summed E-state index contributed by atoms with van der Waals surface area (Å²) in [5.74, 6) is 0.0315. The molecule has 0 saturated carbocycles. The maximum Gasteiger partial charge on any atom is 0.209 e. The Morgan fingerprint density at radius 3 is 2.10 bits per heavy atom. The van der Waals surface area contributed by atoms with E-state index in [2.05, 4.69) is 48.9 Å². The summed E-state index contributed by atoms with van der Waals surface area (Å²) in [6.07, 6.45) is 1.95. The Balaban J connectivity index is 1.78. The molecule has 1 unspecified atom stereocenters. The average molecular weight is 383 g/mol. The van der Waals surface area contributed by atoms with Crippen LogP contribution < -0.4 is 0 Å². The highest BCUT2D eigenvalue weighted by Gasteiger charge is 2.24. The Labute approximate surface area is 171 Å². The molecule has 0 aliphatic rings. The Bertz CT molecular complexity index is 1120. The van der Waals surface area contributed by atoms with Crippen LogP contribution in [0.15, 0.2) is 66.9 Å². The van der Waals surface area contributed by atoms with Gasteiger partial charge in [0, 0.05) is 23.1 Å². The van der Waals surface area contributed by atoms with E-state index in [0.29, 0.717) is 11.3 Å². The third-order valence-electron chi connectivity index (χ3n) is 5.54. The van der Waals surface area contributed by atoms with Gasteiger partial charge in [-0.2, -0.15) is 0 Å². The number of H-pyrrole nitrogens is 2. The summed E-state index contributed by atoms with van der Waals surface area (Å²) < 4.78 is 0. The number of benzene rings is 2. The SMILES string of the molecule is Cc1ccc(C(=O)c2ccc(C(c3ccc[nH]3)c3c(C)cc(C)cc3C)[nH]2)cc1. The second-order valence-corrected chi connectivity index (χ2v) is 7.89. The van der Waals surface area contributed by atoms with Gasteiger partial charge in [0.15, 0.2) is 0 Å². The number of carbonyl (C=O) groups is 1. The van der Waals surface area contributed by atoms with Gasteiger partial charge in [0.05, 0.1) is 11.6 Å². The van der Waals surface area contributed by atoms with Crippen molar-refractivity contribution in [2.75, 3.05) is 0 Å². The minimum atomic E-state index is 0.0128. The Kier molecular flexibility index (Phi) is 4.98. The van der Waals surface area contributed by atoms with Crippen LogP contribution in [0.4, 0.5) is 0 Å². The lowest BCUT2D eigenvalue weighted by molar-refractivity contribution is 0.103. The minimum absolute atomic E-state index is 0.0128. The maximum absolute atomic E-state index is 13.0. The molecule has 4 aromatic rings. The fourth-order valence-corrected chi connectivity index (χ4v) is 4.22. The molecule has 0 aliphatic carbocycles. The first-order valence-electron chi connectivity index (χ1n) is 9.95. The highest BCUT2D eigenvalue weighted by Crippen LogP contribution is 2.35. The van der Waals surface area contributed by atoms with E-state index in [9.17, 15) is 4.79 Å². The second-order valence-electron chi connectivity index (χ2n) is 7.89. The molecule has 2 heterocycles. The first-order valence-corrected chi connectivity index (χ1v) is 9.95. The van der Waals surface area contributed by atoms with Crippen LogP contribution >= 0.6 is 0 Å². The number of ketones is 1. The molecule has 0 spiro atoms. The van der Waals surface area contributed by atoms with Gasteiger partial charge in [-0.25, -0.2) is 0 Å². The van der Waals surface area contributed by atoms with E-state index in [1.807, 2.05) is 55.6 Å². The van der Waals surface area contributed by atoms with E-state index < -0.39 is 0 Å². The van der Waals surface area contributed by atoms with E-state index in [1.165, 1.54) is 22.3 Å². The third kappa shape index (κ3) is 3.68. The molecule has 0 bridgehead atoms. The van der Waals surface area contributed by atoms with E-state index in [1.54, 1.807) is 0 Å². The molecule has 0 fully saturated rings. The summed E-state index contributed by atoms with van der Waals surface area (Å²) >= 11 is 0. The molecule has 3 heteroatoms. The van der Waals surface area contributed by atoms with Gasteiger partial charge in [-0.15, -0.1) is 0 Å². The molecule has 29 heavy (non-hydrogen) atoms. The van der Waals surface area contributed by atoms with E-state index in [4.69, 9.17) is 0 Å². The normalized spacial score (nSPS) is 12.1. The smallest absolute Gasteiger partial charge is 0.209 e. The second kappa shape index (κ2) is 7.59. The zero-order valence-electron chi connectivity index (χ0n) is 17.3. The Morgan fingerprint density at radius 2 is 1.48 bits per heavy atom. The van der Waals surface area contributed by atoms with E-state index >= 15 is 0 Å². The van der Waals surface area contributed by atoms with E-state index in [0.717, 1.165) is 17.0 Å². The lowest BCUT2D eigenvalue weighted by atomic mass is 9.85. The fourth-order valence-electron chi connectivity index (χ4n) is 4.22. The van der Waals surface area contributed by atoms with Gasteiger partial charge in [0.25, 0.3) is 0 Å². The van der Waals surface area contributed by atoms with Crippen molar-refractivity contribution in [1.29, 1.82) is 0 Å². The number of hydrogen-bond acceptors (Lipinski definition) is 1. The van der Waals surface area contributed by atoms with Crippen LogP contribution in [-0.4, -0.2) is 15.8 Å². The van der Waals surface area contributed by atoms with Crippen molar-refractivity contribution in [3.05, 3.63) is 117 Å². The summed E-state index contributed by atoms with van der Waals surface area (Å²) in [4.78, 5) is 19.7. The standard InChI is InChI=1S/C26H26N2O/c1-16-7-9-20(10-8-16)26(29)23-12-11-22(28-23)25(21-6-5-13-27-21)24-18(3)14-17(2)15-19(24)4/h5-15,25,27-28H,1-4H3. The van der Waals surface area contributed by atoms with Crippen LogP contribution in [0.3, 0.4) is 0 Å². The van der Waals surface area contributed by atoms with Crippen molar-refractivity contribution in [3.8, 4) is 0 Å². The predicted octanol–water partition coefficient (Wildman–Crippen LogP) is 5.99. The number of aromatic amines is 2. The largest absolute Gasteiger partial charge is 0.364 e. The summed E-state index contributed by atoms with van der Waals surface area (Å²) in [5, 5.41) is 0. The van der Waals surface area contributed by atoms with Crippen LogP contribution in [0.25, 0.3) is 0 Å². The molecule has 146 valence electrons. The van der Waals surface area contributed by atoms with Gasteiger partial charge in [0.2, 0.25) is 5.78 Å². The molecule has 2 aromatic heterocycles. The number of nitrogens with one attached hydrogen (secondary N) is 2. The van der Waals surface area contributed by atoms with Gasteiger partial charge in [0.1, 0.15) is 0 Å². The van der Waals surface area contributed by atoms with Crippen LogP contribution in [-0.2, 0) is 0 Å². The van der Waals surface area contributed by atoms with Crippen LogP contribution in [0.2, 0.25) is 0 Å². The van der Waals surface area contributed by atoms with Crippen molar-refractivity contribution < 1.29 is 4.79 Å². The first kappa shape index (κ1) is 19.0. The number of rotatable bonds is 5. The van der Waals surface area contributed by atoms with Crippen molar-refractivity contribution >= 4 is 5.78 Å². The average Bonchev–Trinajstić information content (AvgIpc) is 3.37. The monoisotopic (exact) mass is 382 g/mol. The molecule has 0 aliphatic heterocycles. The molecule has 2 N–H and O–H groups in total. The number of carbonyl (C=O) groups excluding carboxylic acids is 1. The number of aryl methyl sites for hydroxylation is 4. The molecule has 0 saturated heterocycles. The predicted molar refractivity (Wildman–Crippen MR) is 118 cm³/mol. The zero-order valence-corrected chi connectivity index (χ0v) is 17.3. The summed E-state index contributed by atoms with van der Waals surface area (Å²) in [6.45, 7) is 8.47. The van der Waals surface area contributed by atoms with Crippen LogP contribution in [0, 0.1) is 27.7 Å². The van der Waals surface area contributed by atoms with Crippen molar-refractivity contribution in [2.24, 2.45) is 0 Å². The summed E-state index contributed by atoms with van der Waals surface area (Å²) in [7, 11) is 0. The molecule has 0 radical (unpaired) electrons. The van der Waals surface area contributed by atoms with Crippen LogP contribution in [0.5, 0.6) is 0 Å². The topological polar surface area (TPSA) is 48.6 Å². The van der Waals surface area contributed by atoms with Gasteiger partial charge < -0.3 is 9.97 Å². The number of hydrogen-bond donors (Lipinski definition) is 2. The van der Waals surface area contributed by atoms with E-state index in [-0.39, 0.29) is 11.7 Å². The zero-order chi connectivity index (χ0) is 20.5.